The Morgan fingerprint density at radius 2 is 1.59 bits per heavy atom. The van der Waals surface area contributed by atoms with Crippen LogP contribution in [0.3, 0.4) is 0 Å². The fraction of sp³-hybridized carbons (Fsp3) is 0.292. The zero-order valence-electron chi connectivity index (χ0n) is 15.9. The third-order valence-corrected chi connectivity index (χ3v) is 5.85. The van der Waals surface area contributed by atoms with Crippen molar-refractivity contribution in [1.82, 2.24) is 0 Å². The maximum absolute atomic E-state index is 13.5. The molecule has 1 saturated carbocycles. The fourth-order valence-electron chi connectivity index (χ4n) is 4.30. The summed E-state index contributed by atoms with van der Waals surface area (Å²) in [4.78, 5) is 13.5. The average molecular weight is 359 g/mol. The van der Waals surface area contributed by atoms with E-state index in [1.165, 1.54) is 5.56 Å². The van der Waals surface area contributed by atoms with Gasteiger partial charge in [0.1, 0.15) is 5.75 Å². The maximum atomic E-state index is 13.5. The van der Waals surface area contributed by atoms with Gasteiger partial charge in [0.15, 0.2) is 0 Å². The Balaban J connectivity index is 1.72. The molecule has 138 valence electrons. The molecule has 0 saturated heterocycles. The SMILES string of the molecule is COc1ccc(NC(=O)C2(c3ccc(C)cc3)CCCC2)c2ccccc12. The van der Waals surface area contributed by atoms with E-state index in [-0.39, 0.29) is 5.91 Å². The van der Waals surface area contributed by atoms with E-state index in [1.54, 1.807) is 7.11 Å². The molecule has 1 aliphatic carbocycles. The molecule has 3 aromatic rings. The number of methoxy groups -OCH3 is 1. The van der Waals surface area contributed by atoms with Crippen molar-refractivity contribution in [2.24, 2.45) is 0 Å². The van der Waals surface area contributed by atoms with Crippen LogP contribution in [0.2, 0.25) is 0 Å². The minimum absolute atomic E-state index is 0.0965. The van der Waals surface area contributed by atoms with Gasteiger partial charge in [-0.1, -0.05) is 66.9 Å². The number of carbonyl (C=O) groups is 1. The van der Waals surface area contributed by atoms with Crippen LogP contribution in [0.1, 0.15) is 36.8 Å². The predicted octanol–water partition coefficient (Wildman–Crippen LogP) is 5.61. The van der Waals surface area contributed by atoms with E-state index in [0.29, 0.717) is 0 Å². The molecule has 0 heterocycles. The van der Waals surface area contributed by atoms with Crippen LogP contribution in [0, 0.1) is 6.92 Å². The number of aryl methyl sites for hydroxylation is 1. The van der Waals surface area contributed by atoms with Gasteiger partial charge < -0.3 is 10.1 Å². The lowest BCUT2D eigenvalue weighted by Crippen LogP contribution is -2.38. The molecule has 3 nitrogen and oxygen atoms in total. The van der Waals surface area contributed by atoms with Crippen molar-refractivity contribution >= 4 is 22.4 Å². The van der Waals surface area contributed by atoms with Crippen molar-refractivity contribution in [3.05, 3.63) is 71.8 Å². The lowest BCUT2D eigenvalue weighted by Gasteiger charge is -2.29. The van der Waals surface area contributed by atoms with Crippen molar-refractivity contribution in [1.29, 1.82) is 0 Å². The highest BCUT2D eigenvalue weighted by molar-refractivity contribution is 6.07. The summed E-state index contributed by atoms with van der Waals surface area (Å²) < 4.78 is 5.47. The number of ether oxygens (including phenoxy) is 1. The van der Waals surface area contributed by atoms with Crippen LogP contribution in [-0.4, -0.2) is 13.0 Å². The molecular weight excluding hydrogens is 334 g/mol. The smallest absolute Gasteiger partial charge is 0.235 e. The van der Waals surface area contributed by atoms with Crippen LogP contribution in [0.25, 0.3) is 10.8 Å². The van der Waals surface area contributed by atoms with Crippen LogP contribution in [0.5, 0.6) is 5.75 Å². The Morgan fingerprint density at radius 1 is 0.926 bits per heavy atom. The van der Waals surface area contributed by atoms with E-state index in [2.05, 4.69) is 36.5 Å². The predicted molar refractivity (Wildman–Crippen MR) is 110 cm³/mol. The molecule has 0 aromatic heterocycles. The quantitative estimate of drug-likeness (QED) is 0.658. The van der Waals surface area contributed by atoms with Crippen LogP contribution < -0.4 is 10.1 Å². The molecule has 0 radical (unpaired) electrons. The number of nitrogens with one attached hydrogen (secondary N) is 1. The lowest BCUT2D eigenvalue weighted by molar-refractivity contribution is -0.121. The van der Waals surface area contributed by atoms with E-state index < -0.39 is 5.41 Å². The molecule has 1 amide bonds. The van der Waals surface area contributed by atoms with Gasteiger partial charge in [0.25, 0.3) is 0 Å². The molecule has 0 unspecified atom stereocenters. The first-order valence-electron chi connectivity index (χ1n) is 9.58. The molecule has 1 N–H and O–H groups in total. The molecule has 4 rings (SSSR count). The van der Waals surface area contributed by atoms with Crippen LogP contribution >= 0.6 is 0 Å². The minimum Gasteiger partial charge on any atom is -0.496 e. The summed E-state index contributed by atoms with van der Waals surface area (Å²) in [6.07, 6.45) is 3.97. The van der Waals surface area contributed by atoms with Gasteiger partial charge in [0, 0.05) is 16.5 Å². The molecule has 1 fully saturated rings. The van der Waals surface area contributed by atoms with Gasteiger partial charge in [-0.25, -0.2) is 0 Å². The first-order chi connectivity index (χ1) is 13.1. The molecule has 0 bridgehead atoms. The molecule has 27 heavy (non-hydrogen) atoms. The first kappa shape index (κ1) is 17.6. The van der Waals surface area contributed by atoms with Gasteiger partial charge in [0.05, 0.1) is 12.5 Å². The summed E-state index contributed by atoms with van der Waals surface area (Å²) in [6, 6.07) is 20.3. The molecule has 0 spiro atoms. The Morgan fingerprint density at radius 3 is 2.26 bits per heavy atom. The Bertz CT molecular complexity index is 969. The largest absolute Gasteiger partial charge is 0.496 e. The Labute approximate surface area is 160 Å². The fourth-order valence-corrected chi connectivity index (χ4v) is 4.30. The zero-order valence-corrected chi connectivity index (χ0v) is 15.9. The Kier molecular flexibility index (Phi) is 4.61. The van der Waals surface area contributed by atoms with Gasteiger partial charge in [-0.15, -0.1) is 0 Å². The number of anilines is 1. The summed E-state index contributed by atoms with van der Waals surface area (Å²) in [5.41, 5.74) is 2.75. The maximum Gasteiger partial charge on any atom is 0.235 e. The zero-order chi connectivity index (χ0) is 18.9. The van der Waals surface area contributed by atoms with Crippen LogP contribution in [-0.2, 0) is 10.2 Å². The highest BCUT2D eigenvalue weighted by Gasteiger charge is 2.42. The number of hydrogen-bond donors (Lipinski definition) is 1. The van der Waals surface area contributed by atoms with Crippen molar-refractivity contribution < 1.29 is 9.53 Å². The molecule has 1 aliphatic rings. The topological polar surface area (TPSA) is 38.3 Å². The number of benzene rings is 3. The minimum atomic E-state index is -0.436. The standard InChI is InChI=1S/C24H25NO2/c1-17-9-11-18(12-10-17)24(15-5-6-16-24)23(26)25-21-13-14-22(27-2)20-8-4-3-7-19(20)21/h3-4,7-14H,5-6,15-16H2,1-2H3,(H,25,26). The third-order valence-electron chi connectivity index (χ3n) is 5.85. The summed E-state index contributed by atoms with van der Waals surface area (Å²) in [5.74, 6) is 0.914. The molecular formula is C24H25NO2. The summed E-state index contributed by atoms with van der Waals surface area (Å²) in [6.45, 7) is 2.08. The average Bonchev–Trinajstić information content (AvgIpc) is 3.20. The number of amides is 1. The van der Waals surface area contributed by atoms with E-state index in [1.807, 2.05) is 36.4 Å². The monoisotopic (exact) mass is 359 g/mol. The van der Waals surface area contributed by atoms with E-state index in [9.17, 15) is 4.79 Å². The van der Waals surface area contributed by atoms with Gasteiger partial charge in [-0.3, -0.25) is 4.79 Å². The number of rotatable bonds is 4. The lowest BCUT2D eigenvalue weighted by atomic mass is 9.77. The second-order valence-electron chi connectivity index (χ2n) is 7.47. The second kappa shape index (κ2) is 7.07. The molecule has 0 aliphatic heterocycles. The normalized spacial score (nSPS) is 15.6. The highest BCUT2D eigenvalue weighted by Crippen LogP contribution is 2.43. The highest BCUT2D eigenvalue weighted by atomic mass is 16.5. The van der Waals surface area contributed by atoms with Crippen LogP contribution in [0.4, 0.5) is 5.69 Å². The summed E-state index contributed by atoms with van der Waals surface area (Å²) in [7, 11) is 1.67. The summed E-state index contributed by atoms with van der Waals surface area (Å²) in [5, 5.41) is 5.25. The Hall–Kier alpha value is -2.81. The van der Waals surface area contributed by atoms with Crippen molar-refractivity contribution in [3.63, 3.8) is 0 Å². The number of hydrogen-bond acceptors (Lipinski definition) is 2. The molecule has 0 atom stereocenters. The first-order valence-corrected chi connectivity index (χ1v) is 9.58. The van der Waals surface area contributed by atoms with Crippen molar-refractivity contribution in [2.45, 2.75) is 38.0 Å². The third kappa shape index (κ3) is 3.08. The van der Waals surface area contributed by atoms with Crippen molar-refractivity contribution in [3.8, 4) is 5.75 Å². The number of fused-ring (bicyclic) bond motifs is 1. The van der Waals surface area contributed by atoms with Gasteiger partial charge in [-0.05, 0) is 37.5 Å². The van der Waals surface area contributed by atoms with Gasteiger partial charge in [0.2, 0.25) is 5.91 Å². The second-order valence-corrected chi connectivity index (χ2v) is 7.47. The van der Waals surface area contributed by atoms with Gasteiger partial charge >= 0.3 is 0 Å². The van der Waals surface area contributed by atoms with Gasteiger partial charge in [-0.2, -0.15) is 0 Å². The molecule has 3 aromatic carbocycles. The number of carbonyl (C=O) groups excluding carboxylic acids is 1. The molecule has 3 heteroatoms. The van der Waals surface area contributed by atoms with E-state index in [4.69, 9.17) is 4.74 Å². The summed E-state index contributed by atoms with van der Waals surface area (Å²) >= 11 is 0. The van der Waals surface area contributed by atoms with E-state index in [0.717, 1.165) is 53.5 Å². The van der Waals surface area contributed by atoms with Crippen molar-refractivity contribution in [2.75, 3.05) is 12.4 Å². The van der Waals surface area contributed by atoms with Crippen LogP contribution in [0.15, 0.2) is 60.7 Å². The van der Waals surface area contributed by atoms with E-state index >= 15 is 0 Å².